The van der Waals surface area contributed by atoms with Gasteiger partial charge in [-0.15, -0.1) is 0 Å². The van der Waals surface area contributed by atoms with Crippen molar-refractivity contribution in [2.45, 2.75) is 6.92 Å². The van der Waals surface area contributed by atoms with Gasteiger partial charge in [0.15, 0.2) is 0 Å². The van der Waals surface area contributed by atoms with Crippen molar-refractivity contribution in [1.29, 1.82) is 0 Å². The van der Waals surface area contributed by atoms with Crippen LogP contribution >= 0.6 is 15.9 Å². The maximum Gasteiger partial charge on any atom is 0.148 e. The molecular weight excluding hydrogens is 295 g/mol. The highest BCUT2D eigenvalue weighted by Crippen LogP contribution is 2.27. The van der Waals surface area contributed by atoms with Crippen molar-refractivity contribution in [3.05, 3.63) is 58.4 Å². The van der Waals surface area contributed by atoms with Crippen LogP contribution in [0.3, 0.4) is 0 Å². The summed E-state index contributed by atoms with van der Waals surface area (Å²) in [4.78, 5) is 0. The fourth-order valence-corrected chi connectivity index (χ4v) is 2.70. The molecule has 0 fully saturated rings. The molecule has 4 heteroatoms. The van der Waals surface area contributed by atoms with E-state index in [-0.39, 0.29) is 5.82 Å². The molecule has 0 aliphatic heterocycles. The molecule has 0 aliphatic carbocycles. The van der Waals surface area contributed by atoms with Crippen molar-refractivity contribution in [3.8, 4) is 5.69 Å². The number of hydrogen-bond donors (Lipinski definition) is 0. The van der Waals surface area contributed by atoms with Gasteiger partial charge in [0.1, 0.15) is 11.5 Å². The second-order valence-corrected chi connectivity index (χ2v) is 5.04. The molecule has 0 aliphatic rings. The van der Waals surface area contributed by atoms with E-state index in [0.717, 1.165) is 20.9 Å². The lowest BCUT2D eigenvalue weighted by atomic mass is 10.2. The first-order valence-electron chi connectivity index (χ1n) is 5.55. The number of fused-ring (bicyclic) bond motifs is 1. The van der Waals surface area contributed by atoms with Gasteiger partial charge >= 0.3 is 0 Å². The third-order valence-corrected chi connectivity index (χ3v) is 3.52. The average molecular weight is 305 g/mol. The Morgan fingerprint density at radius 3 is 2.78 bits per heavy atom. The van der Waals surface area contributed by atoms with E-state index in [1.54, 1.807) is 29.1 Å². The van der Waals surface area contributed by atoms with Gasteiger partial charge in [0.25, 0.3) is 0 Å². The summed E-state index contributed by atoms with van der Waals surface area (Å²) < 4.78 is 16.4. The molecule has 0 saturated heterocycles. The van der Waals surface area contributed by atoms with Crippen molar-refractivity contribution in [1.82, 2.24) is 9.78 Å². The van der Waals surface area contributed by atoms with Gasteiger partial charge in [0, 0.05) is 9.86 Å². The van der Waals surface area contributed by atoms with Crippen LogP contribution in [-0.2, 0) is 0 Å². The second-order valence-electron chi connectivity index (χ2n) is 4.19. The molecule has 3 rings (SSSR count). The van der Waals surface area contributed by atoms with E-state index in [1.807, 2.05) is 19.1 Å². The van der Waals surface area contributed by atoms with Crippen LogP contribution in [0.1, 0.15) is 5.56 Å². The molecule has 0 bridgehead atoms. The lowest BCUT2D eigenvalue weighted by Crippen LogP contribution is -1.99. The van der Waals surface area contributed by atoms with Crippen LogP contribution in [0.25, 0.3) is 16.6 Å². The first-order chi connectivity index (χ1) is 8.66. The Balaban J connectivity index is 2.34. The molecule has 1 aromatic heterocycles. The molecule has 0 radical (unpaired) electrons. The van der Waals surface area contributed by atoms with Gasteiger partial charge in [0.2, 0.25) is 0 Å². The number of hydrogen-bond acceptors (Lipinski definition) is 1. The van der Waals surface area contributed by atoms with E-state index in [4.69, 9.17) is 0 Å². The van der Waals surface area contributed by atoms with E-state index in [0.29, 0.717) is 5.69 Å². The van der Waals surface area contributed by atoms with Crippen LogP contribution in [-0.4, -0.2) is 9.78 Å². The Hall–Kier alpha value is -1.68. The monoisotopic (exact) mass is 304 g/mol. The summed E-state index contributed by atoms with van der Waals surface area (Å²) in [5.74, 6) is -0.278. The quantitative estimate of drug-likeness (QED) is 0.657. The number of benzene rings is 2. The fraction of sp³-hybridized carbons (Fsp3) is 0.0714. The Kier molecular flexibility index (Phi) is 2.67. The first kappa shape index (κ1) is 11.4. The molecular formula is C14H10BrFN2. The van der Waals surface area contributed by atoms with Gasteiger partial charge < -0.3 is 0 Å². The summed E-state index contributed by atoms with van der Waals surface area (Å²) in [7, 11) is 0. The first-order valence-corrected chi connectivity index (χ1v) is 6.35. The molecule has 18 heavy (non-hydrogen) atoms. The predicted octanol–water partition coefficient (Wildman–Crippen LogP) is 4.24. The van der Waals surface area contributed by atoms with Gasteiger partial charge in [-0.05, 0) is 36.8 Å². The average Bonchev–Trinajstić information content (AvgIpc) is 2.73. The van der Waals surface area contributed by atoms with Crippen molar-refractivity contribution in [3.63, 3.8) is 0 Å². The number of rotatable bonds is 1. The maximum atomic E-state index is 13.8. The van der Waals surface area contributed by atoms with Crippen LogP contribution in [0, 0.1) is 12.7 Å². The summed E-state index contributed by atoms with van der Waals surface area (Å²) >= 11 is 3.51. The van der Waals surface area contributed by atoms with E-state index >= 15 is 0 Å². The molecule has 2 aromatic carbocycles. The smallest absolute Gasteiger partial charge is 0.148 e. The van der Waals surface area contributed by atoms with E-state index in [9.17, 15) is 4.39 Å². The van der Waals surface area contributed by atoms with Gasteiger partial charge in [-0.25, -0.2) is 9.07 Å². The third kappa shape index (κ3) is 1.73. The van der Waals surface area contributed by atoms with Crippen LogP contribution in [0.2, 0.25) is 0 Å². The Labute approximate surface area is 112 Å². The van der Waals surface area contributed by atoms with Crippen molar-refractivity contribution < 1.29 is 4.39 Å². The zero-order valence-corrected chi connectivity index (χ0v) is 11.3. The van der Waals surface area contributed by atoms with Gasteiger partial charge in [-0.1, -0.05) is 28.1 Å². The van der Waals surface area contributed by atoms with E-state index < -0.39 is 0 Å². The van der Waals surface area contributed by atoms with Gasteiger partial charge in [0.05, 0.1) is 11.7 Å². The maximum absolute atomic E-state index is 13.8. The Morgan fingerprint density at radius 2 is 2.00 bits per heavy atom. The molecule has 0 unspecified atom stereocenters. The number of nitrogens with zero attached hydrogens (tertiary/aromatic N) is 2. The molecule has 2 nitrogen and oxygen atoms in total. The molecule has 0 saturated carbocycles. The third-order valence-electron chi connectivity index (χ3n) is 2.86. The summed E-state index contributed by atoms with van der Waals surface area (Å²) in [6, 6.07) is 10.7. The molecule has 90 valence electrons. The molecule has 0 amide bonds. The Morgan fingerprint density at radius 1 is 1.22 bits per heavy atom. The zero-order chi connectivity index (χ0) is 12.7. The highest BCUT2D eigenvalue weighted by atomic mass is 79.9. The lowest BCUT2D eigenvalue weighted by Gasteiger charge is -2.05. The van der Waals surface area contributed by atoms with Gasteiger partial charge in [-0.3, -0.25) is 0 Å². The molecule has 0 spiro atoms. The van der Waals surface area contributed by atoms with Crippen LogP contribution in [0.5, 0.6) is 0 Å². The van der Waals surface area contributed by atoms with Crippen LogP contribution in [0.4, 0.5) is 4.39 Å². The summed E-state index contributed by atoms with van der Waals surface area (Å²) in [6.07, 6.45) is 1.74. The summed E-state index contributed by atoms with van der Waals surface area (Å²) in [5.41, 5.74) is 2.46. The second kappa shape index (κ2) is 4.21. The Bertz CT molecular complexity index is 734. The number of halogens is 2. The largest absolute Gasteiger partial charge is 0.230 e. The van der Waals surface area contributed by atoms with Crippen molar-refractivity contribution in [2.75, 3.05) is 0 Å². The highest BCUT2D eigenvalue weighted by Gasteiger charge is 2.11. The molecule has 0 N–H and O–H groups in total. The minimum Gasteiger partial charge on any atom is -0.230 e. The fourth-order valence-electron chi connectivity index (χ4n) is 2.03. The minimum atomic E-state index is -0.278. The van der Waals surface area contributed by atoms with Gasteiger partial charge in [-0.2, -0.15) is 5.10 Å². The van der Waals surface area contributed by atoms with Crippen molar-refractivity contribution >= 4 is 26.8 Å². The normalized spacial score (nSPS) is 11.1. The number of aromatic nitrogens is 2. The number of aryl methyl sites for hydroxylation is 1. The predicted molar refractivity (Wildman–Crippen MR) is 73.5 cm³/mol. The van der Waals surface area contributed by atoms with E-state index in [1.165, 1.54) is 6.07 Å². The molecule has 1 heterocycles. The van der Waals surface area contributed by atoms with Crippen molar-refractivity contribution in [2.24, 2.45) is 0 Å². The standard InChI is InChI=1S/C14H10BrFN2/c1-9-6-11(15)10-8-17-18(14(10)7-9)13-5-3-2-4-12(13)16/h2-8H,1H3. The summed E-state index contributed by atoms with van der Waals surface area (Å²) in [5, 5.41) is 5.25. The SMILES string of the molecule is Cc1cc(Br)c2cnn(-c3ccccc3F)c2c1. The lowest BCUT2D eigenvalue weighted by molar-refractivity contribution is 0.613. The number of para-hydroxylation sites is 1. The summed E-state index contributed by atoms with van der Waals surface area (Å²) in [6.45, 7) is 2.00. The molecule has 0 atom stereocenters. The van der Waals surface area contributed by atoms with E-state index in [2.05, 4.69) is 21.0 Å². The molecule has 3 aromatic rings. The zero-order valence-electron chi connectivity index (χ0n) is 9.69. The van der Waals surface area contributed by atoms with Crippen LogP contribution < -0.4 is 0 Å². The minimum absolute atomic E-state index is 0.278. The highest BCUT2D eigenvalue weighted by molar-refractivity contribution is 9.10. The topological polar surface area (TPSA) is 17.8 Å². The van der Waals surface area contributed by atoms with Crippen LogP contribution in [0.15, 0.2) is 47.1 Å².